The zero-order valence-corrected chi connectivity index (χ0v) is 11.7. The first kappa shape index (κ1) is 14.8. The minimum absolute atomic E-state index is 0.104. The first-order valence-electron chi connectivity index (χ1n) is 6.31. The maximum absolute atomic E-state index is 11.9. The Bertz CT molecular complexity index is 396. The molecule has 0 aliphatic heterocycles. The molecule has 100 valence electrons. The third kappa shape index (κ3) is 4.92. The van der Waals surface area contributed by atoms with Crippen molar-refractivity contribution >= 4 is 23.3 Å². The van der Waals surface area contributed by atoms with Crippen molar-refractivity contribution in [3.63, 3.8) is 0 Å². The maximum Gasteiger partial charge on any atom is 0.251 e. The molecule has 0 aromatic carbocycles. The Morgan fingerprint density at radius 3 is 2.78 bits per heavy atom. The van der Waals surface area contributed by atoms with Crippen molar-refractivity contribution in [2.45, 2.75) is 32.6 Å². The predicted molar refractivity (Wildman–Crippen MR) is 75.3 cm³/mol. The summed E-state index contributed by atoms with van der Waals surface area (Å²) in [7, 11) is 1.74. The van der Waals surface area contributed by atoms with Crippen molar-refractivity contribution in [1.82, 2.24) is 10.3 Å². The Hall–Kier alpha value is -1.29. The van der Waals surface area contributed by atoms with Gasteiger partial charge >= 0.3 is 0 Å². The number of hydrogen-bond donors (Lipinski definition) is 2. The molecule has 0 radical (unpaired) electrons. The molecule has 0 saturated heterocycles. The molecular formula is C13H20ClN3O. The third-order valence-corrected chi connectivity index (χ3v) is 2.82. The van der Waals surface area contributed by atoms with E-state index in [0.717, 1.165) is 12.8 Å². The Morgan fingerprint density at radius 1 is 1.33 bits per heavy atom. The molecule has 18 heavy (non-hydrogen) atoms. The van der Waals surface area contributed by atoms with Crippen LogP contribution >= 0.6 is 11.6 Å². The lowest BCUT2D eigenvalue weighted by Gasteiger charge is -2.07. The van der Waals surface area contributed by atoms with Gasteiger partial charge in [-0.15, -0.1) is 0 Å². The number of nitrogens with zero attached hydrogens (tertiary/aromatic N) is 1. The number of pyridine rings is 1. The molecule has 0 fully saturated rings. The lowest BCUT2D eigenvalue weighted by Crippen LogP contribution is -2.24. The van der Waals surface area contributed by atoms with Gasteiger partial charge in [0.1, 0.15) is 11.0 Å². The molecule has 1 rings (SSSR count). The largest absolute Gasteiger partial charge is 0.373 e. The van der Waals surface area contributed by atoms with Gasteiger partial charge in [0.05, 0.1) is 0 Å². The molecule has 1 amide bonds. The number of carbonyl (C=O) groups is 1. The first-order valence-corrected chi connectivity index (χ1v) is 6.68. The van der Waals surface area contributed by atoms with Gasteiger partial charge in [-0.3, -0.25) is 4.79 Å². The van der Waals surface area contributed by atoms with Crippen LogP contribution < -0.4 is 10.6 Å². The fourth-order valence-electron chi connectivity index (χ4n) is 1.61. The quantitative estimate of drug-likeness (QED) is 0.591. The van der Waals surface area contributed by atoms with Gasteiger partial charge in [0, 0.05) is 19.2 Å². The lowest BCUT2D eigenvalue weighted by molar-refractivity contribution is 0.0953. The molecule has 0 unspecified atom stereocenters. The molecular weight excluding hydrogens is 250 g/mol. The molecule has 0 atom stereocenters. The number of nitrogens with one attached hydrogen (secondary N) is 2. The van der Waals surface area contributed by atoms with Crippen molar-refractivity contribution in [2.24, 2.45) is 0 Å². The molecule has 1 heterocycles. The van der Waals surface area contributed by atoms with Gasteiger partial charge in [-0.2, -0.15) is 0 Å². The zero-order valence-electron chi connectivity index (χ0n) is 10.9. The standard InChI is InChI=1S/C13H20ClN3O/c1-3-4-5-6-7-16-13(18)10-8-11(14)17-12(9-10)15-2/h8-9H,3-7H2,1-2H3,(H,15,17)(H,16,18). The third-order valence-electron chi connectivity index (χ3n) is 2.63. The molecule has 1 aromatic heterocycles. The van der Waals surface area contributed by atoms with E-state index in [4.69, 9.17) is 11.6 Å². The second kappa shape index (κ2) is 7.93. The fraction of sp³-hybridized carbons (Fsp3) is 0.538. The van der Waals surface area contributed by atoms with E-state index in [0.29, 0.717) is 23.1 Å². The van der Waals surface area contributed by atoms with Crippen LogP contribution in [-0.2, 0) is 0 Å². The smallest absolute Gasteiger partial charge is 0.251 e. The minimum atomic E-state index is -0.104. The summed E-state index contributed by atoms with van der Waals surface area (Å²) in [6, 6.07) is 3.26. The molecule has 2 N–H and O–H groups in total. The Labute approximate surface area is 113 Å². The van der Waals surface area contributed by atoms with Crippen LogP contribution in [0.1, 0.15) is 43.0 Å². The number of amides is 1. The second-order valence-electron chi connectivity index (χ2n) is 4.13. The van der Waals surface area contributed by atoms with Crippen LogP contribution in [0.15, 0.2) is 12.1 Å². The van der Waals surface area contributed by atoms with Crippen LogP contribution in [0.25, 0.3) is 0 Å². The highest BCUT2D eigenvalue weighted by Gasteiger charge is 2.08. The fourth-order valence-corrected chi connectivity index (χ4v) is 1.82. The van der Waals surface area contributed by atoms with Gasteiger partial charge in [0.25, 0.3) is 5.91 Å². The van der Waals surface area contributed by atoms with E-state index in [1.54, 1.807) is 19.2 Å². The Kier molecular flexibility index (Phi) is 6.50. The summed E-state index contributed by atoms with van der Waals surface area (Å²) in [6.45, 7) is 2.87. The SMILES string of the molecule is CCCCCCNC(=O)c1cc(Cl)nc(NC)c1. The summed E-state index contributed by atoms with van der Waals surface area (Å²) in [5.41, 5.74) is 0.537. The van der Waals surface area contributed by atoms with Crippen molar-refractivity contribution < 1.29 is 4.79 Å². The molecule has 0 aliphatic rings. The molecule has 1 aromatic rings. The highest BCUT2D eigenvalue weighted by atomic mass is 35.5. The monoisotopic (exact) mass is 269 g/mol. The maximum atomic E-state index is 11.9. The van der Waals surface area contributed by atoms with Crippen molar-refractivity contribution in [3.05, 3.63) is 22.8 Å². The van der Waals surface area contributed by atoms with Gasteiger partial charge in [-0.25, -0.2) is 4.98 Å². The predicted octanol–water partition coefficient (Wildman–Crippen LogP) is 3.09. The van der Waals surface area contributed by atoms with Gasteiger partial charge in [0.2, 0.25) is 0 Å². The van der Waals surface area contributed by atoms with E-state index < -0.39 is 0 Å². The number of anilines is 1. The highest BCUT2D eigenvalue weighted by Crippen LogP contribution is 2.14. The summed E-state index contributed by atoms with van der Waals surface area (Å²) in [4.78, 5) is 15.9. The van der Waals surface area contributed by atoms with E-state index in [1.165, 1.54) is 12.8 Å². The Morgan fingerprint density at radius 2 is 2.11 bits per heavy atom. The van der Waals surface area contributed by atoms with Gasteiger partial charge in [-0.05, 0) is 18.6 Å². The number of halogens is 1. The Balaban J connectivity index is 2.48. The molecule has 0 aliphatic carbocycles. The second-order valence-corrected chi connectivity index (χ2v) is 4.52. The van der Waals surface area contributed by atoms with Crippen molar-refractivity contribution in [2.75, 3.05) is 18.9 Å². The number of unbranched alkanes of at least 4 members (excludes halogenated alkanes) is 3. The molecule has 0 bridgehead atoms. The zero-order chi connectivity index (χ0) is 13.4. The van der Waals surface area contributed by atoms with E-state index in [1.807, 2.05) is 0 Å². The average Bonchev–Trinajstić information content (AvgIpc) is 2.37. The topological polar surface area (TPSA) is 54.0 Å². The van der Waals surface area contributed by atoms with Crippen molar-refractivity contribution in [3.8, 4) is 0 Å². The van der Waals surface area contributed by atoms with Crippen LogP contribution in [-0.4, -0.2) is 24.5 Å². The van der Waals surface area contributed by atoms with Gasteiger partial charge in [0.15, 0.2) is 0 Å². The molecule has 4 nitrogen and oxygen atoms in total. The number of aromatic nitrogens is 1. The number of rotatable bonds is 7. The summed E-state index contributed by atoms with van der Waals surface area (Å²) in [6.07, 6.45) is 4.56. The number of carbonyl (C=O) groups excluding carboxylic acids is 1. The lowest BCUT2D eigenvalue weighted by atomic mass is 10.2. The van der Waals surface area contributed by atoms with Crippen LogP contribution in [0.4, 0.5) is 5.82 Å². The summed E-state index contributed by atoms with van der Waals surface area (Å²) >= 11 is 5.84. The molecule has 5 heteroatoms. The number of hydrogen-bond acceptors (Lipinski definition) is 3. The van der Waals surface area contributed by atoms with Crippen molar-refractivity contribution in [1.29, 1.82) is 0 Å². The van der Waals surface area contributed by atoms with E-state index in [-0.39, 0.29) is 5.91 Å². The summed E-state index contributed by atoms with van der Waals surface area (Å²) in [5.74, 6) is 0.492. The van der Waals surface area contributed by atoms with Crippen LogP contribution in [0, 0.1) is 0 Å². The molecule has 0 saturated carbocycles. The normalized spacial score (nSPS) is 10.2. The van der Waals surface area contributed by atoms with E-state index in [2.05, 4.69) is 22.5 Å². The van der Waals surface area contributed by atoms with Crippen LogP contribution in [0.3, 0.4) is 0 Å². The van der Waals surface area contributed by atoms with Gasteiger partial charge in [-0.1, -0.05) is 37.8 Å². The average molecular weight is 270 g/mol. The van der Waals surface area contributed by atoms with E-state index >= 15 is 0 Å². The minimum Gasteiger partial charge on any atom is -0.373 e. The van der Waals surface area contributed by atoms with Crippen LogP contribution in [0.5, 0.6) is 0 Å². The van der Waals surface area contributed by atoms with Crippen LogP contribution in [0.2, 0.25) is 5.15 Å². The summed E-state index contributed by atoms with van der Waals surface area (Å²) < 4.78 is 0. The van der Waals surface area contributed by atoms with E-state index in [9.17, 15) is 4.79 Å². The van der Waals surface area contributed by atoms with Gasteiger partial charge < -0.3 is 10.6 Å². The summed E-state index contributed by atoms with van der Waals surface area (Å²) in [5, 5.41) is 6.07. The highest BCUT2D eigenvalue weighted by molar-refractivity contribution is 6.29. The molecule has 0 spiro atoms. The first-order chi connectivity index (χ1) is 8.67.